The summed E-state index contributed by atoms with van der Waals surface area (Å²) in [6.45, 7) is 5.51. The van der Waals surface area contributed by atoms with E-state index in [-0.39, 0.29) is 0 Å². The molecule has 0 amide bonds. The van der Waals surface area contributed by atoms with Crippen LogP contribution in [0.4, 0.5) is 0 Å². The Kier molecular flexibility index (Phi) is 7.32. The number of rotatable bonds is 8. The van der Waals surface area contributed by atoms with Crippen LogP contribution < -0.4 is 10.1 Å². The molecule has 0 heterocycles. The van der Waals surface area contributed by atoms with E-state index < -0.39 is 0 Å². The minimum atomic E-state index is 0.403. The molecule has 0 bridgehead atoms. The van der Waals surface area contributed by atoms with Gasteiger partial charge in [-0.3, -0.25) is 0 Å². The Morgan fingerprint density at radius 2 is 2.16 bits per heavy atom. The third-order valence-corrected chi connectivity index (χ3v) is 3.06. The van der Waals surface area contributed by atoms with E-state index in [2.05, 4.69) is 25.2 Å². The van der Waals surface area contributed by atoms with E-state index >= 15 is 0 Å². The number of nitrogens with zero attached hydrogens (tertiary/aromatic N) is 1. The molecule has 0 saturated carbocycles. The Hall–Kier alpha value is -1.24. The smallest absolute Gasteiger partial charge is 0.125 e. The fourth-order valence-electron chi connectivity index (χ4n) is 1.64. The second-order valence-electron chi connectivity index (χ2n) is 4.72. The van der Waals surface area contributed by atoms with Crippen molar-refractivity contribution >= 4 is 11.6 Å². The number of nitrogens with one attached hydrogen (secondary N) is 1. The van der Waals surface area contributed by atoms with Crippen LogP contribution in [0.1, 0.15) is 38.7 Å². The van der Waals surface area contributed by atoms with Gasteiger partial charge in [-0.1, -0.05) is 31.5 Å². The number of nitriles is 1. The lowest BCUT2D eigenvalue weighted by Crippen LogP contribution is -2.22. The highest BCUT2D eigenvalue weighted by Gasteiger charge is 2.08. The summed E-state index contributed by atoms with van der Waals surface area (Å²) in [5.41, 5.74) is 0.998. The monoisotopic (exact) mass is 280 g/mol. The Balaban J connectivity index is 2.56. The van der Waals surface area contributed by atoms with Gasteiger partial charge in [-0.25, -0.2) is 0 Å². The van der Waals surface area contributed by atoms with Gasteiger partial charge in [-0.2, -0.15) is 5.26 Å². The minimum Gasteiger partial charge on any atom is -0.493 e. The third-order valence-electron chi connectivity index (χ3n) is 2.70. The molecule has 1 aromatic carbocycles. The summed E-state index contributed by atoms with van der Waals surface area (Å²) >= 11 is 6.21. The summed E-state index contributed by atoms with van der Waals surface area (Å²) in [4.78, 5) is 0. The summed E-state index contributed by atoms with van der Waals surface area (Å²) in [7, 11) is 0. The summed E-state index contributed by atoms with van der Waals surface area (Å²) < 4.78 is 5.76. The first-order valence-electron chi connectivity index (χ1n) is 6.65. The summed E-state index contributed by atoms with van der Waals surface area (Å²) in [6, 6.07) is 8.24. The highest BCUT2D eigenvalue weighted by molar-refractivity contribution is 6.31. The standard InChI is InChI=1S/C15H21ClN2O/c1-12(2)18-11-13-14(16)7-6-8-15(13)19-10-5-3-4-9-17/h6-8,12,18H,3-5,10-11H2,1-2H3. The number of ether oxygens (including phenoxy) is 1. The number of benzene rings is 1. The molecule has 1 rings (SSSR count). The van der Waals surface area contributed by atoms with Crippen LogP contribution in [0.5, 0.6) is 5.75 Å². The summed E-state index contributed by atoms with van der Waals surface area (Å²) in [6.07, 6.45) is 2.34. The van der Waals surface area contributed by atoms with Crippen molar-refractivity contribution in [2.75, 3.05) is 6.61 Å². The highest BCUT2D eigenvalue weighted by Crippen LogP contribution is 2.26. The predicted octanol–water partition coefficient (Wildman–Crippen LogP) is 3.91. The number of hydrogen-bond acceptors (Lipinski definition) is 3. The number of hydrogen-bond donors (Lipinski definition) is 1. The van der Waals surface area contributed by atoms with Gasteiger partial charge in [-0.05, 0) is 25.0 Å². The van der Waals surface area contributed by atoms with Crippen molar-refractivity contribution in [2.24, 2.45) is 0 Å². The summed E-state index contributed by atoms with van der Waals surface area (Å²) in [5, 5.41) is 12.5. The van der Waals surface area contributed by atoms with Crippen molar-refractivity contribution in [2.45, 2.75) is 45.7 Å². The van der Waals surface area contributed by atoms with E-state index in [0.29, 0.717) is 25.6 Å². The first kappa shape index (κ1) is 15.8. The zero-order chi connectivity index (χ0) is 14.1. The molecule has 0 radical (unpaired) electrons. The van der Waals surface area contributed by atoms with Crippen LogP contribution in [-0.4, -0.2) is 12.6 Å². The van der Waals surface area contributed by atoms with E-state index in [1.165, 1.54) is 0 Å². The Labute approximate surface area is 120 Å². The molecule has 0 fully saturated rings. The maximum Gasteiger partial charge on any atom is 0.125 e. The molecule has 0 aromatic heterocycles. The fourth-order valence-corrected chi connectivity index (χ4v) is 1.87. The maximum absolute atomic E-state index is 8.47. The first-order chi connectivity index (χ1) is 9.15. The molecule has 1 aromatic rings. The largest absolute Gasteiger partial charge is 0.493 e. The average molecular weight is 281 g/mol. The molecule has 4 heteroatoms. The van der Waals surface area contributed by atoms with E-state index in [1.54, 1.807) is 0 Å². The van der Waals surface area contributed by atoms with Gasteiger partial charge in [0.2, 0.25) is 0 Å². The molecule has 1 N–H and O–H groups in total. The topological polar surface area (TPSA) is 45.0 Å². The van der Waals surface area contributed by atoms with Crippen LogP contribution in [0.3, 0.4) is 0 Å². The van der Waals surface area contributed by atoms with Gasteiger partial charge >= 0.3 is 0 Å². The van der Waals surface area contributed by atoms with Crippen molar-refractivity contribution in [3.63, 3.8) is 0 Å². The van der Waals surface area contributed by atoms with Gasteiger partial charge in [0.15, 0.2) is 0 Å². The molecule has 0 aliphatic carbocycles. The Bertz CT molecular complexity index is 427. The molecule has 0 atom stereocenters. The second-order valence-corrected chi connectivity index (χ2v) is 5.12. The maximum atomic E-state index is 8.47. The van der Waals surface area contributed by atoms with E-state index in [9.17, 15) is 0 Å². The number of halogens is 1. The van der Waals surface area contributed by atoms with Crippen LogP contribution in [-0.2, 0) is 6.54 Å². The second kappa shape index (κ2) is 8.79. The van der Waals surface area contributed by atoms with Crippen molar-refractivity contribution in [3.8, 4) is 11.8 Å². The van der Waals surface area contributed by atoms with Gasteiger partial charge in [-0.15, -0.1) is 0 Å². The van der Waals surface area contributed by atoms with E-state index in [4.69, 9.17) is 21.6 Å². The van der Waals surface area contributed by atoms with Crippen LogP contribution in [0.25, 0.3) is 0 Å². The molecular formula is C15H21ClN2O. The molecular weight excluding hydrogens is 260 g/mol. The van der Waals surface area contributed by atoms with Crippen LogP contribution >= 0.6 is 11.6 Å². The Morgan fingerprint density at radius 1 is 1.37 bits per heavy atom. The predicted molar refractivity (Wildman–Crippen MR) is 78.4 cm³/mol. The third kappa shape index (κ3) is 5.96. The molecule has 0 spiro atoms. The van der Waals surface area contributed by atoms with Crippen molar-refractivity contribution in [1.29, 1.82) is 5.26 Å². The van der Waals surface area contributed by atoms with Crippen LogP contribution in [0.2, 0.25) is 5.02 Å². The normalized spacial score (nSPS) is 10.5. The zero-order valence-electron chi connectivity index (χ0n) is 11.6. The SMILES string of the molecule is CC(C)NCc1c(Cl)cccc1OCCCCC#N. The van der Waals surface area contributed by atoms with Crippen molar-refractivity contribution in [3.05, 3.63) is 28.8 Å². The molecule has 3 nitrogen and oxygen atoms in total. The Morgan fingerprint density at radius 3 is 2.84 bits per heavy atom. The molecule has 0 saturated heterocycles. The first-order valence-corrected chi connectivity index (χ1v) is 7.03. The van der Waals surface area contributed by atoms with Crippen molar-refractivity contribution < 1.29 is 4.74 Å². The van der Waals surface area contributed by atoms with Gasteiger partial charge < -0.3 is 10.1 Å². The van der Waals surface area contributed by atoms with E-state index in [0.717, 1.165) is 29.2 Å². The molecule has 19 heavy (non-hydrogen) atoms. The van der Waals surface area contributed by atoms with Gasteiger partial charge in [0.05, 0.1) is 12.7 Å². The van der Waals surface area contributed by atoms with Gasteiger partial charge in [0.25, 0.3) is 0 Å². The highest BCUT2D eigenvalue weighted by atomic mass is 35.5. The molecule has 0 unspecified atom stereocenters. The fraction of sp³-hybridized carbons (Fsp3) is 0.533. The lowest BCUT2D eigenvalue weighted by atomic mass is 10.2. The van der Waals surface area contributed by atoms with Gasteiger partial charge in [0.1, 0.15) is 5.75 Å². The average Bonchev–Trinajstić information content (AvgIpc) is 2.37. The summed E-state index contributed by atoms with van der Waals surface area (Å²) in [5.74, 6) is 0.831. The van der Waals surface area contributed by atoms with Crippen molar-refractivity contribution in [1.82, 2.24) is 5.32 Å². The zero-order valence-corrected chi connectivity index (χ0v) is 12.3. The minimum absolute atomic E-state index is 0.403. The molecule has 0 aliphatic rings. The quantitative estimate of drug-likeness (QED) is 0.734. The lowest BCUT2D eigenvalue weighted by molar-refractivity contribution is 0.303. The van der Waals surface area contributed by atoms with Crippen LogP contribution in [0.15, 0.2) is 18.2 Å². The number of unbranched alkanes of at least 4 members (excludes halogenated alkanes) is 2. The van der Waals surface area contributed by atoms with Gasteiger partial charge in [0, 0.05) is 29.6 Å². The molecule has 0 aliphatic heterocycles. The van der Waals surface area contributed by atoms with Crippen LogP contribution in [0, 0.1) is 11.3 Å². The van der Waals surface area contributed by atoms with E-state index in [1.807, 2.05) is 18.2 Å². The lowest BCUT2D eigenvalue weighted by Gasteiger charge is -2.15. The molecule has 104 valence electrons.